The molecule has 0 aliphatic rings. The molecule has 3 aromatic rings. The average Bonchev–Trinajstić information content (AvgIpc) is 2.78. The van der Waals surface area contributed by atoms with Gasteiger partial charge in [0.15, 0.2) is 0 Å². The zero-order chi connectivity index (χ0) is 24.0. The highest BCUT2D eigenvalue weighted by Crippen LogP contribution is 2.31. The maximum Gasteiger partial charge on any atom is 0.269 e. The van der Waals surface area contributed by atoms with Crippen molar-refractivity contribution in [2.75, 3.05) is 5.32 Å². The Bertz CT molecular complexity index is 1280. The number of nitro groups is 1. The molecule has 0 saturated heterocycles. The van der Waals surface area contributed by atoms with Gasteiger partial charge in [-0.1, -0.05) is 30.3 Å². The minimum Gasteiger partial charge on any atom is -0.487 e. The third-order valence-corrected chi connectivity index (χ3v) is 6.20. The van der Waals surface area contributed by atoms with Crippen LogP contribution in [0.2, 0.25) is 0 Å². The lowest BCUT2D eigenvalue weighted by molar-refractivity contribution is -0.384. The maximum absolute atomic E-state index is 12.6. The van der Waals surface area contributed by atoms with Crippen LogP contribution in [-0.4, -0.2) is 10.8 Å². The number of aryl methyl sites for hydroxylation is 1. The molecule has 1 N–H and O–H groups in total. The highest BCUT2D eigenvalue weighted by atomic mass is 127. The summed E-state index contributed by atoms with van der Waals surface area (Å²) in [4.78, 5) is 23.1. The molecule has 0 heterocycles. The number of nitro benzene ring substituents is 1. The quantitative estimate of drug-likeness (QED) is 0.106. The summed E-state index contributed by atoms with van der Waals surface area (Å²) in [7, 11) is 0. The van der Waals surface area contributed by atoms with Gasteiger partial charge in [-0.3, -0.25) is 14.9 Å². The van der Waals surface area contributed by atoms with Gasteiger partial charge in [-0.15, -0.1) is 0 Å². The Morgan fingerprint density at radius 3 is 2.48 bits per heavy atom. The number of non-ortho nitro benzene ring substituents is 1. The lowest BCUT2D eigenvalue weighted by Gasteiger charge is -2.12. The van der Waals surface area contributed by atoms with Gasteiger partial charge in [0.2, 0.25) is 0 Å². The van der Waals surface area contributed by atoms with Crippen molar-refractivity contribution in [1.29, 1.82) is 5.26 Å². The van der Waals surface area contributed by atoms with Crippen molar-refractivity contribution in [2.24, 2.45) is 0 Å². The number of anilines is 1. The number of amides is 1. The first-order valence-corrected chi connectivity index (χ1v) is 11.8. The van der Waals surface area contributed by atoms with Gasteiger partial charge in [0.05, 0.1) is 12.1 Å². The SMILES string of the molecule is Cc1ccccc1NC(=O)/C(C#N)=C\c1cc(I)c(OCc2cccc([N+](=O)[O-])c2)c(I)c1. The van der Waals surface area contributed by atoms with Crippen molar-refractivity contribution >= 4 is 68.5 Å². The second-order valence-corrected chi connectivity index (χ2v) is 9.29. The van der Waals surface area contributed by atoms with E-state index in [9.17, 15) is 20.2 Å². The Hall–Kier alpha value is -2.98. The second-order valence-electron chi connectivity index (χ2n) is 6.97. The number of benzene rings is 3. The maximum atomic E-state index is 12.6. The first kappa shape index (κ1) is 24.7. The summed E-state index contributed by atoms with van der Waals surface area (Å²) in [6.07, 6.45) is 1.53. The van der Waals surface area contributed by atoms with Crippen LogP contribution in [0.3, 0.4) is 0 Å². The van der Waals surface area contributed by atoms with E-state index in [2.05, 4.69) is 50.5 Å². The average molecular weight is 665 g/mol. The van der Waals surface area contributed by atoms with E-state index in [1.54, 1.807) is 18.2 Å². The molecule has 33 heavy (non-hydrogen) atoms. The van der Waals surface area contributed by atoms with E-state index >= 15 is 0 Å². The van der Waals surface area contributed by atoms with Gasteiger partial charge in [-0.25, -0.2) is 0 Å². The number of carbonyl (C=O) groups excluding carboxylic acids is 1. The molecule has 0 radical (unpaired) electrons. The molecule has 0 spiro atoms. The number of halogens is 2. The van der Waals surface area contributed by atoms with E-state index in [-0.39, 0.29) is 17.9 Å². The lowest BCUT2D eigenvalue weighted by Crippen LogP contribution is -2.14. The molecular weight excluding hydrogens is 648 g/mol. The number of para-hydroxylation sites is 1. The van der Waals surface area contributed by atoms with Crippen LogP contribution in [0.5, 0.6) is 5.75 Å². The van der Waals surface area contributed by atoms with Gasteiger partial charge >= 0.3 is 0 Å². The summed E-state index contributed by atoms with van der Waals surface area (Å²) in [6, 6.07) is 19.2. The molecule has 166 valence electrons. The van der Waals surface area contributed by atoms with Crippen LogP contribution in [0.4, 0.5) is 11.4 Å². The molecule has 0 atom stereocenters. The Morgan fingerprint density at radius 2 is 1.85 bits per heavy atom. The monoisotopic (exact) mass is 665 g/mol. The minimum atomic E-state index is -0.484. The topological polar surface area (TPSA) is 105 Å². The molecule has 3 rings (SSSR count). The van der Waals surface area contributed by atoms with Crippen LogP contribution in [-0.2, 0) is 11.4 Å². The van der Waals surface area contributed by atoms with Crippen LogP contribution >= 0.6 is 45.2 Å². The third kappa shape index (κ3) is 6.52. The Labute approximate surface area is 217 Å². The second kappa shape index (κ2) is 11.2. The molecule has 0 aromatic heterocycles. The first-order chi connectivity index (χ1) is 15.8. The van der Waals surface area contributed by atoms with Crippen LogP contribution < -0.4 is 10.1 Å². The normalized spacial score (nSPS) is 10.9. The largest absolute Gasteiger partial charge is 0.487 e. The summed E-state index contributed by atoms with van der Waals surface area (Å²) < 4.78 is 7.48. The van der Waals surface area contributed by atoms with Crippen molar-refractivity contribution in [3.63, 3.8) is 0 Å². The predicted molar refractivity (Wildman–Crippen MR) is 143 cm³/mol. The highest BCUT2D eigenvalue weighted by molar-refractivity contribution is 14.1. The van der Waals surface area contributed by atoms with E-state index in [0.29, 0.717) is 22.6 Å². The van der Waals surface area contributed by atoms with Gasteiger partial charge in [-0.05, 0) is 93.1 Å². The van der Waals surface area contributed by atoms with Gasteiger partial charge < -0.3 is 10.1 Å². The number of hydrogen-bond donors (Lipinski definition) is 1. The Morgan fingerprint density at radius 1 is 1.15 bits per heavy atom. The lowest BCUT2D eigenvalue weighted by atomic mass is 10.1. The van der Waals surface area contributed by atoms with Crippen molar-refractivity contribution in [3.8, 4) is 11.8 Å². The van der Waals surface area contributed by atoms with Gasteiger partial charge in [0, 0.05) is 17.8 Å². The third-order valence-electron chi connectivity index (χ3n) is 4.59. The number of nitrogens with zero attached hydrogens (tertiary/aromatic N) is 2. The number of nitrogens with one attached hydrogen (secondary N) is 1. The molecule has 0 bridgehead atoms. The molecule has 0 unspecified atom stereocenters. The van der Waals surface area contributed by atoms with Crippen LogP contribution in [0, 0.1) is 35.5 Å². The fourth-order valence-electron chi connectivity index (χ4n) is 2.93. The fraction of sp³-hybridized carbons (Fsp3) is 0.0833. The Kier molecular flexibility index (Phi) is 8.40. The number of ether oxygens (including phenoxy) is 1. The van der Waals surface area contributed by atoms with E-state index in [4.69, 9.17) is 4.74 Å². The fourth-order valence-corrected chi connectivity index (χ4v) is 5.06. The summed E-state index contributed by atoms with van der Waals surface area (Å²) in [5.74, 6) is 0.144. The van der Waals surface area contributed by atoms with Gasteiger partial charge in [0.1, 0.15) is 24.0 Å². The van der Waals surface area contributed by atoms with Crippen molar-refractivity contribution in [2.45, 2.75) is 13.5 Å². The molecule has 0 saturated carbocycles. The van der Waals surface area contributed by atoms with Crippen molar-refractivity contribution in [3.05, 3.63) is 100 Å². The molecule has 9 heteroatoms. The van der Waals surface area contributed by atoms with Gasteiger partial charge in [0.25, 0.3) is 11.6 Å². The zero-order valence-electron chi connectivity index (χ0n) is 17.3. The number of carbonyl (C=O) groups is 1. The van der Waals surface area contributed by atoms with Crippen LogP contribution in [0.15, 0.2) is 66.2 Å². The van der Waals surface area contributed by atoms with E-state index in [0.717, 1.165) is 12.7 Å². The van der Waals surface area contributed by atoms with Crippen molar-refractivity contribution in [1.82, 2.24) is 0 Å². The molecule has 1 amide bonds. The number of rotatable bonds is 7. The molecule has 0 fully saturated rings. The summed E-state index contributed by atoms with van der Waals surface area (Å²) in [6.45, 7) is 2.05. The van der Waals surface area contributed by atoms with E-state index < -0.39 is 10.8 Å². The Balaban J connectivity index is 1.78. The van der Waals surface area contributed by atoms with E-state index in [1.807, 2.05) is 43.3 Å². The summed E-state index contributed by atoms with van der Waals surface area (Å²) in [5.41, 5.74) is 2.90. The highest BCUT2D eigenvalue weighted by Gasteiger charge is 2.14. The molecular formula is C24H17I2N3O4. The van der Waals surface area contributed by atoms with Crippen molar-refractivity contribution < 1.29 is 14.5 Å². The number of nitriles is 1. The first-order valence-electron chi connectivity index (χ1n) is 9.62. The summed E-state index contributed by atoms with van der Waals surface area (Å²) >= 11 is 4.24. The molecule has 3 aromatic carbocycles. The van der Waals surface area contributed by atoms with E-state index in [1.165, 1.54) is 18.2 Å². The number of hydrogen-bond acceptors (Lipinski definition) is 5. The predicted octanol–water partition coefficient (Wildman–Crippen LogP) is 6.24. The smallest absolute Gasteiger partial charge is 0.269 e. The summed E-state index contributed by atoms with van der Waals surface area (Å²) in [5, 5.41) is 23.2. The van der Waals surface area contributed by atoms with Crippen LogP contribution in [0.1, 0.15) is 16.7 Å². The zero-order valence-corrected chi connectivity index (χ0v) is 21.7. The molecule has 7 nitrogen and oxygen atoms in total. The molecule has 0 aliphatic heterocycles. The van der Waals surface area contributed by atoms with Gasteiger partial charge in [-0.2, -0.15) is 5.26 Å². The molecule has 0 aliphatic carbocycles. The van der Waals surface area contributed by atoms with Crippen LogP contribution in [0.25, 0.3) is 6.08 Å². The minimum absolute atomic E-state index is 0.00832. The standard InChI is InChI=1S/C24H17I2N3O4/c1-15-5-2-3-8-22(15)28-24(30)18(13-27)9-17-11-20(25)23(21(26)12-17)33-14-16-6-4-7-19(10-16)29(31)32/h2-12H,14H2,1H3,(H,28,30)/b18-9-.